The molecule has 1 fully saturated rings. The summed E-state index contributed by atoms with van der Waals surface area (Å²) in [7, 11) is 0. The number of benzene rings is 2. The van der Waals surface area contributed by atoms with E-state index in [0.717, 1.165) is 4.90 Å². The van der Waals surface area contributed by atoms with E-state index >= 15 is 0 Å². The fourth-order valence-electron chi connectivity index (χ4n) is 3.37. The van der Waals surface area contributed by atoms with E-state index in [-0.39, 0.29) is 48.2 Å². The molecule has 0 bridgehead atoms. The number of anilines is 2. The number of hydrogen-bond acceptors (Lipinski definition) is 6. The van der Waals surface area contributed by atoms with Crippen LogP contribution in [0.2, 0.25) is 0 Å². The fraction of sp³-hybridized carbons (Fsp3) is 0.143. The zero-order valence-electron chi connectivity index (χ0n) is 17.1. The predicted octanol–water partition coefficient (Wildman–Crippen LogP) is 2.21. The number of carbonyl (C=O) groups excluding carboxylic acids is 4. The minimum Gasteiger partial charge on any atom is -0.345 e. The zero-order valence-corrected chi connectivity index (χ0v) is 17.1. The SMILES string of the molecule is O=C(CCN1C(=O)CNC1=O)Nc1ccc(NC(=O)c2cc3cccc([N+](=O)[O-])c3[nH]2)cc1. The van der Waals surface area contributed by atoms with Crippen LogP contribution in [0.4, 0.5) is 21.9 Å². The van der Waals surface area contributed by atoms with Gasteiger partial charge < -0.3 is 20.9 Å². The molecule has 4 rings (SSSR count). The molecular formula is C21H18N6O6. The number of imide groups is 1. The average Bonchev–Trinajstić information content (AvgIpc) is 3.36. The molecule has 12 nitrogen and oxygen atoms in total. The largest absolute Gasteiger partial charge is 0.345 e. The molecule has 0 unspecified atom stereocenters. The highest BCUT2D eigenvalue weighted by Crippen LogP contribution is 2.26. The van der Waals surface area contributed by atoms with Crippen LogP contribution < -0.4 is 16.0 Å². The molecule has 0 spiro atoms. The maximum absolute atomic E-state index is 12.5. The van der Waals surface area contributed by atoms with Crippen molar-refractivity contribution >= 4 is 51.7 Å². The van der Waals surface area contributed by atoms with E-state index in [0.29, 0.717) is 16.8 Å². The van der Waals surface area contributed by atoms with Crippen LogP contribution in [-0.2, 0) is 9.59 Å². The van der Waals surface area contributed by atoms with Crippen LogP contribution >= 0.6 is 0 Å². The van der Waals surface area contributed by atoms with Crippen LogP contribution in [0.15, 0.2) is 48.5 Å². The highest BCUT2D eigenvalue weighted by Gasteiger charge is 2.28. The minimum atomic E-state index is -0.523. The Morgan fingerprint density at radius 2 is 1.76 bits per heavy atom. The van der Waals surface area contributed by atoms with E-state index in [1.165, 1.54) is 12.1 Å². The molecule has 1 aromatic heterocycles. The number of urea groups is 1. The lowest BCUT2D eigenvalue weighted by Gasteiger charge is -2.12. The maximum atomic E-state index is 12.5. The molecule has 168 valence electrons. The van der Waals surface area contributed by atoms with Gasteiger partial charge in [0.05, 0.1) is 11.5 Å². The predicted molar refractivity (Wildman–Crippen MR) is 118 cm³/mol. The average molecular weight is 450 g/mol. The molecule has 33 heavy (non-hydrogen) atoms. The van der Waals surface area contributed by atoms with Crippen LogP contribution in [-0.4, -0.2) is 51.6 Å². The smallest absolute Gasteiger partial charge is 0.324 e. The summed E-state index contributed by atoms with van der Waals surface area (Å²) in [5.74, 6) is -1.23. The van der Waals surface area contributed by atoms with E-state index in [4.69, 9.17) is 0 Å². The lowest BCUT2D eigenvalue weighted by Crippen LogP contribution is -2.33. The van der Waals surface area contributed by atoms with E-state index < -0.39 is 16.9 Å². The minimum absolute atomic E-state index is 0.0205. The Balaban J connectivity index is 1.35. The quantitative estimate of drug-likeness (QED) is 0.245. The molecule has 0 atom stereocenters. The summed E-state index contributed by atoms with van der Waals surface area (Å²) in [6.07, 6.45) is -0.0514. The molecule has 3 aromatic rings. The molecule has 0 aliphatic carbocycles. The first kappa shape index (κ1) is 21.5. The van der Waals surface area contributed by atoms with Gasteiger partial charge >= 0.3 is 6.03 Å². The number of nitrogens with zero attached hydrogens (tertiary/aromatic N) is 2. The van der Waals surface area contributed by atoms with Crippen LogP contribution in [0.5, 0.6) is 0 Å². The maximum Gasteiger partial charge on any atom is 0.324 e. The van der Waals surface area contributed by atoms with Crippen LogP contribution in [0, 0.1) is 10.1 Å². The molecule has 1 saturated heterocycles. The number of H-pyrrole nitrogens is 1. The zero-order chi connectivity index (χ0) is 23.5. The van der Waals surface area contributed by atoms with Crippen molar-refractivity contribution in [2.45, 2.75) is 6.42 Å². The van der Waals surface area contributed by atoms with Gasteiger partial charge in [-0.2, -0.15) is 0 Å². The highest BCUT2D eigenvalue weighted by molar-refractivity contribution is 6.07. The van der Waals surface area contributed by atoms with E-state index in [2.05, 4.69) is 20.9 Å². The van der Waals surface area contributed by atoms with Crippen molar-refractivity contribution < 1.29 is 24.1 Å². The van der Waals surface area contributed by atoms with Gasteiger partial charge in [0.1, 0.15) is 11.2 Å². The van der Waals surface area contributed by atoms with Crippen LogP contribution in [0.3, 0.4) is 0 Å². The van der Waals surface area contributed by atoms with Gasteiger partial charge in [0.15, 0.2) is 0 Å². The third-order valence-corrected chi connectivity index (χ3v) is 5.00. The second-order valence-electron chi connectivity index (χ2n) is 7.22. The highest BCUT2D eigenvalue weighted by atomic mass is 16.6. The summed E-state index contributed by atoms with van der Waals surface area (Å²) in [5, 5.41) is 19.4. The van der Waals surface area contributed by atoms with Crippen LogP contribution in [0.25, 0.3) is 10.9 Å². The number of hydrogen-bond donors (Lipinski definition) is 4. The van der Waals surface area contributed by atoms with Crippen molar-refractivity contribution in [3.8, 4) is 0 Å². The second kappa shape index (κ2) is 8.78. The first-order valence-electron chi connectivity index (χ1n) is 9.87. The number of aromatic amines is 1. The number of carbonyl (C=O) groups is 4. The van der Waals surface area contributed by atoms with Gasteiger partial charge in [-0.3, -0.25) is 29.4 Å². The summed E-state index contributed by atoms with van der Waals surface area (Å²) in [6, 6.07) is 11.9. The van der Waals surface area contributed by atoms with Gasteiger partial charge in [-0.15, -0.1) is 0 Å². The monoisotopic (exact) mass is 450 g/mol. The number of fused-ring (bicyclic) bond motifs is 1. The summed E-state index contributed by atoms with van der Waals surface area (Å²) in [6.45, 7) is -0.0870. The van der Waals surface area contributed by atoms with Gasteiger partial charge in [-0.05, 0) is 30.3 Å². The molecule has 4 N–H and O–H groups in total. The summed E-state index contributed by atoms with van der Waals surface area (Å²) in [5.41, 5.74) is 1.22. The Hall–Kier alpha value is -4.74. The van der Waals surface area contributed by atoms with Gasteiger partial charge in [0.25, 0.3) is 11.6 Å². The number of amides is 5. The Bertz CT molecular complexity index is 1270. The summed E-state index contributed by atoms with van der Waals surface area (Å²) < 4.78 is 0. The topological polar surface area (TPSA) is 167 Å². The van der Waals surface area contributed by atoms with Crippen molar-refractivity contribution in [1.29, 1.82) is 0 Å². The second-order valence-corrected chi connectivity index (χ2v) is 7.22. The molecule has 2 aromatic carbocycles. The number of nitrogens with one attached hydrogen (secondary N) is 4. The lowest BCUT2D eigenvalue weighted by atomic mass is 10.2. The van der Waals surface area contributed by atoms with Gasteiger partial charge in [-0.1, -0.05) is 12.1 Å². The Morgan fingerprint density at radius 1 is 1.06 bits per heavy atom. The van der Waals surface area contributed by atoms with E-state index in [9.17, 15) is 29.3 Å². The number of para-hydroxylation sites is 1. The first-order chi connectivity index (χ1) is 15.8. The molecule has 2 heterocycles. The van der Waals surface area contributed by atoms with E-state index in [1.807, 2.05) is 0 Å². The molecule has 0 saturated carbocycles. The van der Waals surface area contributed by atoms with Gasteiger partial charge in [0.2, 0.25) is 11.8 Å². The third kappa shape index (κ3) is 4.63. The first-order valence-corrected chi connectivity index (χ1v) is 9.87. The fourth-order valence-corrected chi connectivity index (χ4v) is 3.37. The molecule has 12 heteroatoms. The summed E-state index contributed by atoms with van der Waals surface area (Å²) >= 11 is 0. The van der Waals surface area contributed by atoms with Crippen molar-refractivity contribution in [2.75, 3.05) is 23.7 Å². The Kier molecular flexibility index (Phi) is 5.72. The Morgan fingerprint density at radius 3 is 2.39 bits per heavy atom. The number of nitro groups is 1. The summed E-state index contributed by atoms with van der Waals surface area (Å²) in [4.78, 5) is 62.0. The molecular weight excluding hydrogens is 432 g/mol. The normalized spacial score (nSPS) is 13.2. The molecule has 1 aliphatic rings. The number of non-ortho nitro benzene ring substituents is 1. The van der Waals surface area contributed by atoms with Gasteiger partial charge in [0, 0.05) is 35.8 Å². The van der Waals surface area contributed by atoms with Crippen molar-refractivity contribution in [2.24, 2.45) is 0 Å². The van der Waals surface area contributed by atoms with Crippen LogP contribution in [0.1, 0.15) is 16.9 Å². The Labute approximate surface area is 186 Å². The number of rotatable bonds is 7. The third-order valence-electron chi connectivity index (χ3n) is 5.00. The van der Waals surface area contributed by atoms with Crippen molar-refractivity contribution in [1.82, 2.24) is 15.2 Å². The van der Waals surface area contributed by atoms with Crippen molar-refractivity contribution in [3.05, 3.63) is 64.3 Å². The number of nitro benzene ring substituents is 1. The van der Waals surface area contributed by atoms with E-state index in [1.54, 1.807) is 36.4 Å². The molecule has 5 amide bonds. The molecule has 1 aliphatic heterocycles. The molecule has 0 radical (unpaired) electrons. The van der Waals surface area contributed by atoms with Gasteiger partial charge in [-0.25, -0.2) is 4.79 Å². The number of aromatic nitrogens is 1. The standard InChI is InChI=1S/C21H18N6O6/c28-17(8-9-26-18(29)11-22-21(26)31)23-13-4-6-14(7-5-13)24-20(30)15-10-12-2-1-3-16(27(32)33)19(12)25-15/h1-7,10,25H,8-9,11H2,(H,22,31)(H,23,28)(H,24,30). The lowest BCUT2D eigenvalue weighted by molar-refractivity contribution is -0.383. The van der Waals surface area contributed by atoms with Crippen molar-refractivity contribution in [3.63, 3.8) is 0 Å².